The zero-order chi connectivity index (χ0) is 18.1. The average molecular weight is 421 g/mol. The Morgan fingerprint density at radius 1 is 1.31 bits per heavy atom. The molecule has 0 aliphatic heterocycles. The molecular weight excluding hydrogens is 408 g/mol. The molecule has 11 heteroatoms. The number of amides is 1. The first-order chi connectivity index (χ1) is 12.6. The zero-order valence-electron chi connectivity index (χ0n) is 13.4. The maximum absolute atomic E-state index is 12.4. The number of thiazole rings is 2. The summed E-state index contributed by atoms with van der Waals surface area (Å²) in [5, 5.41) is 16.7. The van der Waals surface area contributed by atoms with E-state index >= 15 is 0 Å². The van der Waals surface area contributed by atoms with E-state index in [9.17, 15) is 4.79 Å². The van der Waals surface area contributed by atoms with Gasteiger partial charge in [-0.25, -0.2) is 9.97 Å². The van der Waals surface area contributed by atoms with Gasteiger partial charge in [-0.05, 0) is 23.7 Å². The van der Waals surface area contributed by atoms with Crippen LogP contribution in [0.25, 0.3) is 9.88 Å². The van der Waals surface area contributed by atoms with E-state index in [-0.39, 0.29) is 5.91 Å². The number of aromatic nitrogens is 5. The second kappa shape index (κ2) is 7.19. The van der Waals surface area contributed by atoms with Gasteiger partial charge in [0.25, 0.3) is 5.91 Å². The third-order valence-corrected chi connectivity index (χ3v) is 6.61. The van der Waals surface area contributed by atoms with E-state index in [4.69, 9.17) is 12.2 Å². The Kier molecular flexibility index (Phi) is 4.76. The topological polar surface area (TPSA) is 88.5 Å². The van der Waals surface area contributed by atoms with E-state index < -0.39 is 0 Å². The summed E-state index contributed by atoms with van der Waals surface area (Å²) in [5.41, 5.74) is 1.21. The van der Waals surface area contributed by atoms with Gasteiger partial charge in [-0.3, -0.25) is 15.2 Å². The molecule has 4 heterocycles. The molecule has 2 N–H and O–H groups in total. The standard InChI is InChI=1S/C15H12N6OS4/c1-21-11(19-20-15(21)23)5-8-6-26-14(16-8)18-12(22)9-7-25-13(17-9)10-3-2-4-24-10/h2-4,6-7H,5H2,1H3,(H,20,23)(H,16,18,22). The fraction of sp³-hybridized carbons (Fsp3) is 0.133. The van der Waals surface area contributed by atoms with Gasteiger partial charge in [-0.2, -0.15) is 5.10 Å². The highest BCUT2D eigenvalue weighted by molar-refractivity contribution is 7.71. The molecule has 0 aromatic carbocycles. The van der Waals surface area contributed by atoms with Gasteiger partial charge in [0.2, 0.25) is 0 Å². The smallest absolute Gasteiger partial charge is 0.276 e. The van der Waals surface area contributed by atoms with Gasteiger partial charge in [-0.15, -0.1) is 34.0 Å². The Hall–Kier alpha value is -2.21. The normalized spacial score (nSPS) is 11.0. The lowest BCUT2D eigenvalue weighted by molar-refractivity contribution is 0.102. The largest absolute Gasteiger partial charge is 0.307 e. The van der Waals surface area contributed by atoms with Crippen molar-refractivity contribution in [1.29, 1.82) is 0 Å². The SMILES string of the molecule is Cn1c(Cc2csc(NC(=O)c3csc(-c4cccs4)n3)n2)n[nH]c1=S. The first kappa shape index (κ1) is 17.2. The fourth-order valence-electron chi connectivity index (χ4n) is 2.20. The van der Waals surface area contributed by atoms with Gasteiger partial charge < -0.3 is 4.57 Å². The fourth-order valence-corrected chi connectivity index (χ4v) is 4.67. The molecule has 0 spiro atoms. The molecule has 0 unspecified atom stereocenters. The van der Waals surface area contributed by atoms with E-state index in [1.807, 2.05) is 29.9 Å². The third-order valence-electron chi connectivity index (χ3n) is 3.55. The van der Waals surface area contributed by atoms with Crippen LogP contribution in [0.15, 0.2) is 28.3 Å². The van der Waals surface area contributed by atoms with E-state index in [2.05, 4.69) is 25.5 Å². The van der Waals surface area contributed by atoms with Crippen LogP contribution in [0.4, 0.5) is 5.13 Å². The Morgan fingerprint density at radius 3 is 2.92 bits per heavy atom. The van der Waals surface area contributed by atoms with Crippen LogP contribution in [-0.4, -0.2) is 30.6 Å². The van der Waals surface area contributed by atoms with Crippen molar-refractivity contribution in [3.63, 3.8) is 0 Å². The predicted octanol–water partition coefficient (Wildman–Crippen LogP) is 3.96. The number of thiophene rings is 1. The van der Waals surface area contributed by atoms with Crippen LogP contribution in [0, 0.1) is 4.77 Å². The summed E-state index contributed by atoms with van der Waals surface area (Å²) in [6, 6.07) is 3.95. The highest BCUT2D eigenvalue weighted by Crippen LogP contribution is 2.28. The van der Waals surface area contributed by atoms with Crippen molar-refractivity contribution in [2.45, 2.75) is 6.42 Å². The van der Waals surface area contributed by atoms with E-state index in [1.165, 1.54) is 22.7 Å². The van der Waals surface area contributed by atoms with Crippen molar-refractivity contribution in [3.8, 4) is 9.88 Å². The Bertz CT molecular complexity index is 1100. The van der Waals surface area contributed by atoms with Crippen LogP contribution in [0.2, 0.25) is 0 Å². The minimum Gasteiger partial charge on any atom is -0.307 e. The predicted molar refractivity (Wildman–Crippen MR) is 107 cm³/mol. The molecular formula is C15H12N6OS4. The molecule has 0 saturated carbocycles. The van der Waals surface area contributed by atoms with Crippen LogP contribution in [-0.2, 0) is 13.5 Å². The van der Waals surface area contributed by atoms with Crippen LogP contribution in [0.1, 0.15) is 22.0 Å². The highest BCUT2D eigenvalue weighted by atomic mass is 32.1. The molecule has 1 amide bonds. The van der Waals surface area contributed by atoms with E-state index in [0.29, 0.717) is 22.0 Å². The number of H-pyrrole nitrogens is 1. The third kappa shape index (κ3) is 3.51. The lowest BCUT2D eigenvalue weighted by atomic mass is 10.3. The van der Waals surface area contributed by atoms with Crippen LogP contribution >= 0.6 is 46.2 Å². The number of hydrogen-bond acceptors (Lipinski definition) is 8. The monoisotopic (exact) mass is 420 g/mol. The van der Waals surface area contributed by atoms with Gasteiger partial charge in [0, 0.05) is 17.8 Å². The van der Waals surface area contributed by atoms with Crippen molar-refractivity contribution in [3.05, 3.63) is 50.3 Å². The number of aromatic amines is 1. The summed E-state index contributed by atoms with van der Waals surface area (Å²) >= 11 is 9.53. The summed E-state index contributed by atoms with van der Waals surface area (Å²) < 4.78 is 2.36. The molecule has 4 aromatic heterocycles. The molecule has 132 valence electrons. The highest BCUT2D eigenvalue weighted by Gasteiger charge is 2.15. The maximum Gasteiger partial charge on any atom is 0.276 e. The Labute approximate surface area is 165 Å². The average Bonchev–Trinajstić information content (AvgIpc) is 3.40. The van der Waals surface area contributed by atoms with E-state index in [1.54, 1.807) is 21.3 Å². The summed E-state index contributed by atoms with van der Waals surface area (Å²) in [6.07, 6.45) is 0.537. The lowest BCUT2D eigenvalue weighted by Gasteiger charge is -1.98. The van der Waals surface area contributed by atoms with Gasteiger partial charge in [-0.1, -0.05) is 6.07 Å². The number of rotatable bonds is 5. The number of anilines is 1. The van der Waals surface area contributed by atoms with Crippen LogP contribution in [0.3, 0.4) is 0 Å². The van der Waals surface area contributed by atoms with E-state index in [0.717, 1.165) is 21.4 Å². The van der Waals surface area contributed by atoms with Gasteiger partial charge >= 0.3 is 0 Å². The maximum atomic E-state index is 12.4. The summed E-state index contributed by atoms with van der Waals surface area (Å²) in [7, 11) is 1.85. The van der Waals surface area contributed by atoms with Crippen LogP contribution in [0.5, 0.6) is 0 Å². The summed E-state index contributed by atoms with van der Waals surface area (Å²) in [5.74, 6) is 0.529. The zero-order valence-corrected chi connectivity index (χ0v) is 16.7. The second-order valence-corrected chi connectivity index (χ2v) is 8.34. The molecule has 4 rings (SSSR count). The molecule has 0 fully saturated rings. The number of carbonyl (C=O) groups is 1. The molecule has 4 aromatic rings. The summed E-state index contributed by atoms with van der Waals surface area (Å²) in [4.78, 5) is 22.3. The number of nitrogens with one attached hydrogen (secondary N) is 2. The van der Waals surface area contributed by atoms with Gasteiger partial charge in [0.1, 0.15) is 16.5 Å². The molecule has 26 heavy (non-hydrogen) atoms. The first-order valence-electron chi connectivity index (χ1n) is 7.45. The Balaban J connectivity index is 1.44. The molecule has 0 aliphatic rings. The summed E-state index contributed by atoms with van der Waals surface area (Å²) in [6.45, 7) is 0. The lowest BCUT2D eigenvalue weighted by Crippen LogP contribution is -2.12. The number of hydrogen-bond donors (Lipinski definition) is 2. The van der Waals surface area contributed by atoms with Gasteiger partial charge in [0.15, 0.2) is 9.90 Å². The van der Waals surface area contributed by atoms with Crippen molar-refractivity contribution >= 4 is 57.3 Å². The second-order valence-electron chi connectivity index (χ2n) is 5.29. The van der Waals surface area contributed by atoms with Crippen molar-refractivity contribution < 1.29 is 4.79 Å². The Morgan fingerprint density at radius 2 is 2.19 bits per heavy atom. The molecule has 0 aliphatic carbocycles. The number of carbonyl (C=O) groups excluding carboxylic acids is 1. The molecule has 7 nitrogen and oxygen atoms in total. The minimum atomic E-state index is -0.261. The van der Waals surface area contributed by atoms with Gasteiger partial charge in [0.05, 0.1) is 17.0 Å². The molecule has 0 bridgehead atoms. The molecule has 0 radical (unpaired) electrons. The van der Waals surface area contributed by atoms with Crippen molar-refractivity contribution in [2.24, 2.45) is 7.05 Å². The molecule has 0 saturated heterocycles. The van der Waals surface area contributed by atoms with Crippen molar-refractivity contribution in [2.75, 3.05) is 5.32 Å². The number of nitrogens with zero attached hydrogens (tertiary/aromatic N) is 4. The minimum absolute atomic E-state index is 0.261. The quantitative estimate of drug-likeness (QED) is 0.477. The van der Waals surface area contributed by atoms with Crippen molar-refractivity contribution in [1.82, 2.24) is 24.7 Å². The first-order valence-corrected chi connectivity index (χ1v) is 10.5. The molecule has 0 atom stereocenters. The van der Waals surface area contributed by atoms with Crippen LogP contribution < -0.4 is 5.32 Å².